The Bertz CT molecular complexity index is 196. The van der Waals surface area contributed by atoms with Gasteiger partial charge < -0.3 is 9.95 Å². The number of nitrogens with zero attached hydrogens (tertiary/aromatic N) is 1. The number of hydrogen-bond donors (Lipinski definition) is 1. The van der Waals surface area contributed by atoms with E-state index in [1.807, 2.05) is 0 Å². The zero-order chi connectivity index (χ0) is 11.4. The van der Waals surface area contributed by atoms with E-state index in [1.54, 1.807) is 0 Å². The Hall–Kier alpha value is -1.04. The van der Waals surface area contributed by atoms with Crippen LogP contribution in [0.3, 0.4) is 0 Å². The highest BCUT2D eigenvalue weighted by Gasteiger charge is 1.96. The summed E-state index contributed by atoms with van der Waals surface area (Å²) in [5.41, 5.74) is 0. The largest absolute Gasteiger partial charge is 0.481 e. The van der Waals surface area contributed by atoms with Gasteiger partial charge in [-0.1, -0.05) is 32.1 Å². The van der Waals surface area contributed by atoms with Crippen molar-refractivity contribution in [2.24, 2.45) is 0 Å². The molecule has 15 heavy (non-hydrogen) atoms. The summed E-state index contributed by atoms with van der Waals surface area (Å²) in [5.74, 6) is -0.686. The summed E-state index contributed by atoms with van der Waals surface area (Å²) in [6.07, 6.45) is 9.15. The van der Waals surface area contributed by atoms with Gasteiger partial charge in [-0.3, -0.25) is 4.79 Å². The second-order valence-corrected chi connectivity index (χ2v) is 3.85. The van der Waals surface area contributed by atoms with E-state index < -0.39 is 5.97 Å². The predicted octanol–water partition coefficient (Wildman–Crippen LogP) is 3.50. The summed E-state index contributed by atoms with van der Waals surface area (Å²) in [5, 5.41) is 8.41. The molecule has 0 saturated carbocycles. The van der Waals surface area contributed by atoms with Gasteiger partial charge in [-0.25, -0.2) is 6.57 Å². The fraction of sp³-hybridized carbons (Fsp3) is 0.833. The third-order valence-corrected chi connectivity index (χ3v) is 2.41. The first-order valence-corrected chi connectivity index (χ1v) is 5.82. The summed E-state index contributed by atoms with van der Waals surface area (Å²) in [4.78, 5) is 13.5. The molecule has 0 aromatic carbocycles. The fourth-order valence-corrected chi connectivity index (χ4v) is 1.53. The fourth-order valence-electron chi connectivity index (χ4n) is 1.53. The van der Waals surface area contributed by atoms with E-state index in [1.165, 1.54) is 19.3 Å². The Labute approximate surface area is 92.3 Å². The molecule has 0 rings (SSSR count). The Morgan fingerprint density at radius 3 is 1.87 bits per heavy atom. The maximum Gasteiger partial charge on any atom is 0.303 e. The van der Waals surface area contributed by atoms with E-state index in [2.05, 4.69) is 4.85 Å². The molecule has 0 saturated heterocycles. The molecule has 86 valence electrons. The number of unbranched alkanes of at least 4 members (excludes halogenated alkanes) is 7. The Kier molecular flexibility index (Phi) is 10.3. The zero-order valence-electron chi connectivity index (χ0n) is 9.37. The van der Waals surface area contributed by atoms with Crippen LogP contribution < -0.4 is 0 Å². The normalized spacial score (nSPS) is 9.80. The van der Waals surface area contributed by atoms with Crippen molar-refractivity contribution in [3.8, 4) is 0 Å². The van der Waals surface area contributed by atoms with Gasteiger partial charge in [0.2, 0.25) is 6.54 Å². The summed E-state index contributed by atoms with van der Waals surface area (Å²) in [7, 11) is 0. The van der Waals surface area contributed by atoms with E-state index in [-0.39, 0.29) is 0 Å². The molecule has 0 aliphatic heterocycles. The number of carbonyl (C=O) groups is 1. The first-order chi connectivity index (χ1) is 7.27. The Balaban J connectivity index is 2.93. The minimum absolute atomic E-state index is 0.311. The smallest absolute Gasteiger partial charge is 0.303 e. The van der Waals surface area contributed by atoms with E-state index in [0.29, 0.717) is 13.0 Å². The molecule has 0 aromatic rings. The first-order valence-electron chi connectivity index (χ1n) is 5.82. The average molecular weight is 211 g/mol. The van der Waals surface area contributed by atoms with Crippen LogP contribution in [0.4, 0.5) is 0 Å². The predicted molar refractivity (Wildman–Crippen MR) is 60.7 cm³/mol. The average Bonchev–Trinajstić information content (AvgIpc) is 2.20. The number of carboxylic acids is 1. The third-order valence-electron chi connectivity index (χ3n) is 2.41. The van der Waals surface area contributed by atoms with Gasteiger partial charge in [-0.2, -0.15) is 0 Å². The molecule has 0 atom stereocenters. The van der Waals surface area contributed by atoms with E-state index in [9.17, 15) is 4.79 Å². The summed E-state index contributed by atoms with van der Waals surface area (Å²) in [6, 6.07) is 0. The summed E-state index contributed by atoms with van der Waals surface area (Å²) in [6.45, 7) is 7.27. The highest BCUT2D eigenvalue weighted by Crippen LogP contribution is 2.09. The summed E-state index contributed by atoms with van der Waals surface area (Å²) >= 11 is 0. The standard InChI is InChI=1S/C12H21NO2/c1-13-11-9-7-5-3-2-4-6-8-10-12(14)15/h2-11H2,(H,14,15). The lowest BCUT2D eigenvalue weighted by molar-refractivity contribution is -0.137. The number of carboxylic acid groups (broad SMARTS) is 1. The van der Waals surface area contributed by atoms with Gasteiger partial charge in [0.1, 0.15) is 0 Å². The summed E-state index contributed by atoms with van der Waals surface area (Å²) < 4.78 is 0. The zero-order valence-corrected chi connectivity index (χ0v) is 9.37. The minimum atomic E-state index is -0.686. The Morgan fingerprint density at radius 1 is 0.933 bits per heavy atom. The van der Waals surface area contributed by atoms with Gasteiger partial charge >= 0.3 is 5.97 Å². The van der Waals surface area contributed by atoms with Gasteiger partial charge in [0.05, 0.1) is 0 Å². The van der Waals surface area contributed by atoms with Crippen molar-refractivity contribution in [1.29, 1.82) is 0 Å². The molecular formula is C12H21NO2. The molecule has 0 aliphatic carbocycles. The molecule has 0 heterocycles. The Morgan fingerprint density at radius 2 is 1.40 bits per heavy atom. The molecule has 3 heteroatoms. The van der Waals surface area contributed by atoms with Crippen LogP contribution in [-0.4, -0.2) is 17.6 Å². The van der Waals surface area contributed by atoms with Crippen molar-refractivity contribution in [2.45, 2.75) is 57.8 Å². The van der Waals surface area contributed by atoms with Crippen LogP contribution in [-0.2, 0) is 4.79 Å². The maximum atomic E-state index is 10.2. The molecule has 0 amide bonds. The highest BCUT2D eigenvalue weighted by atomic mass is 16.4. The SMILES string of the molecule is [C-]#[N+]CCCCCCCCCCC(=O)O. The van der Waals surface area contributed by atoms with Crippen molar-refractivity contribution in [1.82, 2.24) is 0 Å². The quantitative estimate of drug-likeness (QED) is 0.444. The molecule has 0 aromatic heterocycles. The lowest BCUT2D eigenvalue weighted by Crippen LogP contribution is -1.93. The van der Waals surface area contributed by atoms with Gasteiger partial charge in [-0.05, 0) is 12.8 Å². The second kappa shape index (κ2) is 11.0. The molecule has 1 N–H and O–H groups in total. The van der Waals surface area contributed by atoms with E-state index >= 15 is 0 Å². The molecule has 0 bridgehead atoms. The molecule has 0 aliphatic rings. The van der Waals surface area contributed by atoms with Crippen molar-refractivity contribution in [3.63, 3.8) is 0 Å². The second-order valence-electron chi connectivity index (χ2n) is 3.85. The molecular weight excluding hydrogens is 190 g/mol. The molecule has 0 radical (unpaired) electrons. The molecule has 3 nitrogen and oxygen atoms in total. The third kappa shape index (κ3) is 13.0. The number of rotatable bonds is 10. The van der Waals surface area contributed by atoms with Gasteiger partial charge in [-0.15, -0.1) is 0 Å². The van der Waals surface area contributed by atoms with Crippen molar-refractivity contribution < 1.29 is 9.90 Å². The number of aliphatic carboxylic acids is 1. The van der Waals surface area contributed by atoms with Crippen molar-refractivity contribution in [2.75, 3.05) is 6.54 Å². The lowest BCUT2D eigenvalue weighted by atomic mass is 10.1. The van der Waals surface area contributed by atoms with Gasteiger partial charge in [0, 0.05) is 12.8 Å². The van der Waals surface area contributed by atoms with Crippen molar-refractivity contribution in [3.05, 3.63) is 11.4 Å². The van der Waals surface area contributed by atoms with Crippen LogP contribution in [0.25, 0.3) is 4.85 Å². The van der Waals surface area contributed by atoms with Crippen LogP contribution >= 0.6 is 0 Å². The van der Waals surface area contributed by atoms with E-state index in [0.717, 1.165) is 32.1 Å². The molecule has 0 spiro atoms. The van der Waals surface area contributed by atoms with Crippen LogP contribution in [0.15, 0.2) is 0 Å². The van der Waals surface area contributed by atoms with Crippen LogP contribution in [0.2, 0.25) is 0 Å². The lowest BCUT2D eigenvalue weighted by Gasteiger charge is -1.99. The molecule has 0 unspecified atom stereocenters. The monoisotopic (exact) mass is 211 g/mol. The highest BCUT2D eigenvalue weighted by molar-refractivity contribution is 5.66. The van der Waals surface area contributed by atoms with Crippen LogP contribution in [0, 0.1) is 6.57 Å². The topological polar surface area (TPSA) is 41.7 Å². The minimum Gasteiger partial charge on any atom is -0.481 e. The van der Waals surface area contributed by atoms with Gasteiger partial charge in [0.25, 0.3) is 0 Å². The first kappa shape index (κ1) is 14.0. The van der Waals surface area contributed by atoms with Crippen molar-refractivity contribution >= 4 is 5.97 Å². The van der Waals surface area contributed by atoms with E-state index in [4.69, 9.17) is 11.7 Å². The van der Waals surface area contributed by atoms with Crippen LogP contribution in [0.1, 0.15) is 57.8 Å². The molecule has 0 fully saturated rings. The number of hydrogen-bond acceptors (Lipinski definition) is 1. The van der Waals surface area contributed by atoms with Crippen LogP contribution in [0.5, 0.6) is 0 Å². The maximum absolute atomic E-state index is 10.2. The van der Waals surface area contributed by atoms with Gasteiger partial charge in [0.15, 0.2) is 0 Å².